The van der Waals surface area contributed by atoms with E-state index in [4.69, 9.17) is 12.2 Å². The van der Waals surface area contributed by atoms with Gasteiger partial charge in [0.25, 0.3) is 0 Å². The number of halogens is 1. The summed E-state index contributed by atoms with van der Waals surface area (Å²) in [5.74, 6) is 0.0310. The number of anilines is 1. The SMILES string of the molecule is Cc1cc(F)ccc1NC(=O)Cn1c(-c2cccs2)n[nH]c1=S. The summed E-state index contributed by atoms with van der Waals surface area (Å²) in [5.41, 5.74) is 1.23. The maximum atomic E-state index is 13.1. The van der Waals surface area contributed by atoms with Crippen LogP contribution in [-0.4, -0.2) is 20.7 Å². The first-order valence-corrected chi connectivity index (χ1v) is 8.08. The van der Waals surface area contributed by atoms with Crippen molar-refractivity contribution in [2.24, 2.45) is 0 Å². The van der Waals surface area contributed by atoms with Crippen LogP contribution in [-0.2, 0) is 11.3 Å². The molecular formula is C15H13FN4OS2. The third kappa shape index (κ3) is 3.38. The molecule has 2 aromatic heterocycles. The number of thiophene rings is 1. The molecule has 0 radical (unpaired) electrons. The molecule has 0 spiro atoms. The van der Waals surface area contributed by atoms with Crippen molar-refractivity contribution < 1.29 is 9.18 Å². The molecule has 0 aliphatic carbocycles. The van der Waals surface area contributed by atoms with Gasteiger partial charge in [0.1, 0.15) is 12.4 Å². The lowest BCUT2D eigenvalue weighted by Crippen LogP contribution is -2.20. The highest BCUT2D eigenvalue weighted by Crippen LogP contribution is 2.23. The number of amides is 1. The molecule has 23 heavy (non-hydrogen) atoms. The predicted molar refractivity (Wildman–Crippen MR) is 90.5 cm³/mol. The number of aromatic nitrogens is 3. The minimum atomic E-state index is -0.336. The third-order valence-corrected chi connectivity index (χ3v) is 4.44. The maximum absolute atomic E-state index is 13.1. The van der Waals surface area contributed by atoms with Crippen molar-refractivity contribution in [2.45, 2.75) is 13.5 Å². The average molecular weight is 348 g/mol. The van der Waals surface area contributed by atoms with Crippen LogP contribution in [0.3, 0.4) is 0 Å². The summed E-state index contributed by atoms with van der Waals surface area (Å²) in [4.78, 5) is 13.2. The number of aryl methyl sites for hydroxylation is 1. The van der Waals surface area contributed by atoms with Gasteiger partial charge in [0.05, 0.1) is 4.88 Å². The number of aromatic amines is 1. The second-order valence-corrected chi connectivity index (χ2v) is 6.26. The van der Waals surface area contributed by atoms with Crippen LogP contribution < -0.4 is 5.32 Å². The molecule has 3 rings (SSSR count). The van der Waals surface area contributed by atoms with E-state index in [-0.39, 0.29) is 18.3 Å². The highest BCUT2D eigenvalue weighted by Gasteiger charge is 2.13. The molecule has 0 unspecified atom stereocenters. The molecule has 2 N–H and O–H groups in total. The van der Waals surface area contributed by atoms with Crippen LogP contribution in [0.2, 0.25) is 0 Å². The van der Waals surface area contributed by atoms with Crippen molar-refractivity contribution in [1.82, 2.24) is 14.8 Å². The number of H-pyrrole nitrogens is 1. The normalized spacial score (nSPS) is 10.7. The molecule has 8 heteroatoms. The van der Waals surface area contributed by atoms with E-state index < -0.39 is 0 Å². The van der Waals surface area contributed by atoms with Crippen LogP contribution in [0.15, 0.2) is 35.7 Å². The van der Waals surface area contributed by atoms with E-state index in [1.54, 1.807) is 11.5 Å². The smallest absolute Gasteiger partial charge is 0.244 e. The minimum Gasteiger partial charge on any atom is -0.324 e. The number of rotatable bonds is 4. The van der Waals surface area contributed by atoms with Crippen molar-refractivity contribution in [2.75, 3.05) is 5.32 Å². The highest BCUT2D eigenvalue weighted by molar-refractivity contribution is 7.71. The molecule has 2 heterocycles. The zero-order valence-corrected chi connectivity index (χ0v) is 13.8. The van der Waals surface area contributed by atoms with E-state index in [0.717, 1.165) is 4.88 Å². The van der Waals surface area contributed by atoms with Gasteiger partial charge in [-0.05, 0) is 54.4 Å². The van der Waals surface area contributed by atoms with E-state index in [1.807, 2.05) is 17.5 Å². The molecule has 0 saturated heterocycles. The molecule has 0 bridgehead atoms. The van der Waals surface area contributed by atoms with Crippen LogP contribution >= 0.6 is 23.6 Å². The van der Waals surface area contributed by atoms with Crippen molar-refractivity contribution in [3.63, 3.8) is 0 Å². The number of carbonyl (C=O) groups is 1. The number of carbonyl (C=O) groups excluding carboxylic acids is 1. The van der Waals surface area contributed by atoms with Crippen LogP contribution in [0.25, 0.3) is 10.7 Å². The first-order chi connectivity index (χ1) is 11.0. The van der Waals surface area contributed by atoms with Gasteiger partial charge in [0.15, 0.2) is 10.6 Å². The summed E-state index contributed by atoms with van der Waals surface area (Å²) >= 11 is 6.71. The fraction of sp³-hybridized carbons (Fsp3) is 0.133. The number of nitrogens with zero attached hydrogens (tertiary/aromatic N) is 2. The Morgan fingerprint density at radius 2 is 2.30 bits per heavy atom. The second-order valence-electron chi connectivity index (χ2n) is 4.92. The summed E-state index contributed by atoms with van der Waals surface area (Å²) in [6, 6.07) is 8.04. The predicted octanol–water partition coefficient (Wildman–Crippen LogP) is 3.76. The Bertz CT molecular complexity index is 899. The zero-order valence-electron chi connectivity index (χ0n) is 12.2. The average Bonchev–Trinajstić information content (AvgIpc) is 3.13. The second kappa shape index (κ2) is 6.43. The number of benzene rings is 1. The summed E-state index contributed by atoms with van der Waals surface area (Å²) in [6.45, 7) is 1.76. The Labute approximate surface area is 140 Å². The fourth-order valence-electron chi connectivity index (χ4n) is 2.16. The van der Waals surface area contributed by atoms with E-state index in [9.17, 15) is 9.18 Å². The molecule has 0 saturated carbocycles. The van der Waals surface area contributed by atoms with Gasteiger partial charge in [-0.15, -0.1) is 11.3 Å². The number of hydrogen-bond donors (Lipinski definition) is 2. The number of nitrogens with one attached hydrogen (secondary N) is 2. The minimum absolute atomic E-state index is 0.0272. The molecular weight excluding hydrogens is 335 g/mol. The molecule has 0 fully saturated rings. The van der Waals surface area contributed by atoms with E-state index >= 15 is 0 Å². The Hall–Kier alpha value is -2.32. The topological polar surface area (TPSA) is 62.7 Å². The summed E-state index contributed by atoms with van der Waals surface area (Å²) in [5, 5.41) is 11.6. The Kier molecular flexibility index (Phi) is 4.35. The molecule has 0 aliphatic heterocycles. The molecule has 1 aromatic carbocycles. The van der Waals surface area contributed by atoms with Crippen LogP contribution in [0.1, 0.15) is 5.56 Å². The van der Waals surface area contributed by atoms with Crippen molar-refractivity contribution in [1.29, 1.82) is 0 Å². The van der Waals surface area contributed by atoms with Gasteiger partial charge < -0.3 is 5.32 Å². The summed E-state index contributed by atoms with van der Waals surface area (Å²) in [7, 11) is 0. The highest BCUT2D eigenvalue weighted by atomic mass is 32.1. The molecule has 0 atom stereocenters. The van der Waals surface area contributed by atoms with Crippen LogP contribution in [0, 0.1) is 17.5 Å². The Morgan fingerprint density at radius 3 is 3.00 bits per heavy atom. The lowest BCUT2D eigenvalue weighted by molar-refractivity contribution is -0.116. The Balaban J connectivity index is 1.81. The first kappa shape index (κ1) is 15.6. The van der Waals surface area contributed by atoms with E-state index in [0.29, 0.717) is 21.8 Å². The fourth-order valence-corrected chi connectivity index (χ4v) is 3.08. The van der Waals surface area contributed by atoms with E-state index in [2.05, 4.69) is 15.5 Å². The largest absolute Gasteiger partial charge is 0.324 e. The molecule has 5 nitrogen and oxygen atoms in total. The Morgan fingerprint density at radius 1 is 1.48 bits per heavy atom. The van der Waals surface area contributed by atoms with Gasteiger partial charge in [0, 0.05) is 5.69 Å². The maximum Gasteiger partial charge on any atom is 0.244 e. The zero-order chi connectivity index (χ0) is 16.4. The van der Waals surface area contributed by atoms with Crippen LogP contribution in [0.5, 0.6) is 0 Å². The van der Waals surface area contributed by atoms with Crippen LogP contribution in [0.4, 0.5) is 10.1 Å². The van der Waals surface area contributed by atoms with Crippen molar-refractivity contribution in [3.8, 4) is 10.7 Å². The summed E-state index contributed by atoms with van der Waals surface area (Å²) in [6.07, 6.45) is 0. The van der Waals surface area contributed by atoms with Gasteiger partial charge in [-0.25, -0.2) is 4.39 Å². The first-order valence-electron chi connectivity index (χ1n) is 6.79. The van der Waals surface area contributed by atoms with Crippen molar-refractivity contribution >= 4 is 35.1 Å². The molecule has 3 aromatic rings. The molecule has 118 valence electrons. The van der Waals surface area contributed by atoms with Gasteiger partial charge in [0.2, 0.25) is 5.91 Å². The van der Waals surface area contributed by atoms with Gasteiger partial charge in [-0.1, -0.05) is 6.07 Å². The lowest BCUT2D eigenvalue weighted by Gasteiger charge is -2.09. The van der Waals surface area contributed by atoms with Gasteiger partial charge >= 0.3 is 0 Å². The number of hydrogen-bond acceptors (Lipinski definition) is 4. The van der Waals surface area contributed by atoms with Gasteiger partial charge in [-0.3, -0.25) is 14.5 Å². The van der Waals surface area contributed by atoms with E-state index in [1.165, 1.54) is 29.5 Å². The standard InChI is InChI=1S/C15H13FN4OS2/c1-9-7-10(16)4-5-11(9)17-13(21)8-20-14(18-19-15(20)22)12-3-2-6-23-12/h2-7H,8H2,1H3,(H,17,21)(H,19,22). The van der Waals surface area contributed by atoms with Crippen molar-refractivity contribution in [3.05, 3.63) is 51.9 Å². The molecule has 0 aliphatic rings. The monoisotopic (exact) mass is 348 g/mol. The quantitative estimate of drug-likeness (QED) is 0.706. The van der Waals surface area contributed by atoms with Gasteiger partial charge in [-0.2, -0.15) is 5.10 Å². The summed E-state index contributed by atoms with van der Waals surface area (Å²) < 4.78 is 15.1. The molecule has 1 amide bonds. The third-order valence-electron chi connectivity index (χ3n) is 3.26. The lowest BCUT2D eigenvalue weighted by atomic mass is 10.2.